The molecule has 0 atom stereocenters. The Morgan fingerprint density at radius 3 is 2.36 bits per heavy atom. The first-order valence-electron chi connectivity index (χ1n) is 9.62. The fraction of sp³-hybridized carbons (Fsp3) is 0.261. The third kappa shape index (κ3) is 4.23. The lowest BCUT2D eigenvalue weighted by Gasteiger charge is -2.36. The maximum Gasteiger partial charge on any atom is 0.223 e. The second kappa shape index (κ2) is 8.53. The average molecular weight is 395 g/mol. The van der Waals surface area contributed by atoms with Crippen molar-refractivity contribution in [3.8, 4) is 11.3 Å². The Hall–Kier alpha value is -2.72. The minimum Gasteiger partial charge on any atom is -0.461 e. The fourth-order valence-corrected chi connectivity index (χ4v) is 3.82. The van der Waals surface area contributed by atoms with Crippen LogP contribution in [-0.4, -0.2) is 37.0 Å². The molecule has 1 aliphatic rings. The molecule has 3 aromatic rings. The van der Waals surface area contributed by atoms with Gasteiger partial charge in [0.2, 0.25) is 5.91 Å². The predicted octanol–water partition coefficient (Wildman–Crippen LogP) is 4.88. The molecule has 1 saturated heterocycles. The molecule has 5 heteroatoms. The second-order valence-electron chi connectivity index (χ2n) is 6.95. The van der Waals surface area contributed by atoms with Gasteiger partial charge >= 0.3 is 0 Å². The molecule has 0 bridgehead atoms. The quantitative estimate of drug-likeness (QED) is 0.618. The van der Waals surface area contributed by atoms with Crippen LogP contribution >= 0.6 is 11.6 Å². The highest BCUT2D eigenvalue weighted by atomic mass is 35.5. The van der Waals surface area contributed by atoms with Crippen LogP contribution in [0.25, 0.3) is 11.3 Å². The molecule has 4 nitrogen and oxygen atoms in total. The third-order valence-electron chi connectivity index (χ3n) is 5.13. The largest absolute Gasteiger partial charge is 0.461 e. The lowest BCUT2D eigenvalue weighted by molar-refractivity contribution is -0.131. The van der Waals surface area contributed by atoms with Gasteiger partial charge in [0.25, 0.3) is 0 Å². The lowest BCUT2D eigenvalue weighted by atomic mass is 10.2. The van der Waals surface area contributed by atoms with Gasteiger partial charge in [-0.05, 0) is 24.3 Å². The summed E-state index contributed by atoms with van der Waals surface area (Å²) < 4.78 is 5.90. The summed E-state index contributed by atoms with van der Waals surface area (Å²) >= 11 is 6.29. The van der Waals surface area contributed by atoms with Gasteiger partial charge in [0, 0.05) is 44.6 Å². The van der Waals surface area contributed by atoms with Gasteiger partial charge in [-0.2, -0.15) is 0 Å². The van der Waals surface area contributed by atoms with E-state index in [1.54, 1.807) is 0 Å². The van der Waals surface area contributed by atoms with E-state index in [1.807, 2.05) is 71.6 Å². The summed E-state index contributed by atoms with van der Waals surface area (Å²) in [5.74, 6) is 1.87. The van der Waals surface area contributed by atoms with Crippen LogP contribution in [0.1, 0.15) is 12.2 Å². The Kier molecular flexibility index (Phi) is 5.68. The number of aryl methyl sites for hydroxylation is 1. The van der Waals surface area contributed by atoms with Crippen LogP contribution in [0.5, 0.6) is 0 Å². The van der Waals surface area contributed by atoms with E-state index in [1.165, 1.54) is 0 Å². The molecule has 0 aliphatic carbocycles. The number of nitrogens with zero attached hydrogens (tertiary/aromatic N) is 2. The van der Waals surface area contributed by atoms with Crippen molar-refractivity contribution in [2.75, 3.05) is 31.1 Å². The SMILES string of the molecule is O=C(CCc1ccc(-c2ccccc2)o1)N1CCN(c2ccccc2Cl)CC1. The lowest BCUT2D eigenvalue weighted by Crippen LogP contribution is -2.48. The summed E-state index contributed by atoms with van der Waals surface area (Å²) in [6, 6.07) is 21.8. The van der Waals surface area contributed by atoms with Crippen LogP contribution in [0.2, 0.25) is 5.02 Å². The van der Waals surface area contributed by atoms with E-state index in [4.69, 9.17) is 16.0 Å². The fourth-order valence-electron chi connectivity index (χ4n) is 3.56. The molecule has 1 amide bonds. The molecule has 0 radical (unpaired) electrons. The maximum atomic E-state index is 12.6. The molecule has 0 N–H and O–H groups in total. The highest BCUT2D eigenvalue weighted by Gasteiger charge is 2.22. The van der Waals surface area contributed by atoms with Crippen LogP contribution in [-0.2, 0) is 11.2 Å². The molecule has 1 fully saturated rings. The Labute approximate surface area is 170 Å². The van der Waals surface area contributed by atoms with Gasteiger partial charge < -0.3 is 14.2 Å². The molecule has 28 heavy (non-hydrogen) atoms. The zero-order valence-corrected chi connectivity index (χ0v) is 16.4. The minimum absolute atomic E-state index is 0.177. The molecule has 0 saturated carbocycles. The maximum absolute atomic E-state index is 12.6. The smallest absolute Gasteiger partial charge is 0.223 e. The molecule has 4 rings (SSSR count). The van der Waals surface area contributed by atoms with Gasteiger partial charge in [-0.1, -0.05) is 54.1 Å². The minimum atomic E-state index is 0.177. The number of carbonyl (C=O) groups excluding carboxylic acids is 1. The number of anilines is 1. The van der Waals surface area contributed by atoms with Crippen molar-refractivity contribution >= 4 is 23.2 Å². The van der Waals surface area contributed by atoms with Gasteiger partial charge in [-0.3, -0.25) is 4.79 Å². The zero-order valence-electron chi connectivity index (χ0n) is 15.7. The molecule has 1 aliphatic heterocycles. The van der Waals surface area contributed by atoms with Crippen LogP contribution in [0.3, 0.4) is 0 Å². The molecular weight excluding hydrogens is 372 g/mol. The second-order valence-corrected chi connectivity index (χ2v) is 7.36. The number of amides is 1. The van der Waals surface area contributed by atoms with Crippen molar-refractivity contribution in [2.45, 2.75) is 12.8 Å². The molecule has 2 aromatic carbocycles. The zero-order chi connectivity index (χ0) is 19.3. The molecular formula is C23H23ClN2O2. The summed E-state index contributed by atoms with van der Waals surface area (Å²) in [5.41, 5.74) is 2.09. The highest BCUT2D eigenvalue weighted by molar-refractivity contribution is 6.33. The number of rotatable bonds is 5. The summed E-state index contributed by atoms with van der Waals surface area (Å²) in [6.45, 7) is 3.04. The van der Waals surface area contributed by atoms with Crippen LogP contribution in [0, 0.1) is 0 Å². The first kappa shape index (κ1) is 18.6. The number of carbonyl (C=O) groups is 1. The monoisotopic (exact) mass is 394 g/mol. The van der Waals surface area contributed by atoms with E-state index in [-0.39, 0.29) is 5.91 Å². The van der Waals surface area contributed by atoms with Crippen LogP contribution < -0.4 is 4.90 Å². The molecule has 144 valence electrons. The summed E-state index contributed by atoms with van der Waals surface area (Å²) in [5, 5.41) is 0.759. The number of hydrogen-bond donors (Lipinski definition) is 0. The van der Waals surface area contributed by atoms with Crippen molar-refractivity contribution < 1.29 is 9.21 Å². The summed E-state index contributed by atoms with van der Waals surface area (Å²) in [4.78, 5) is 16.8. The normalized spacial score (nSPS) is 14.3. The van der Waals surface area contributed by atoms with E-state index in [0.717, 1.165) is 54.0 Å². The summed E-state index contributed by atoms with van der Waals surface area (Å²) in [7, 11) is 0. The number of benzene rings is 2. The predicted molar refractivity (Wildman–Crippen MR) is 113 cm³/mol. The molecule has 1 aromatic heterocycles. The van der Waals surface area contributed by atoms with Gasteiger partial charge in [0.05, 0.1) is 10.7 Å². The van der Waals surface area contributed by atoms with E-state index >= 15 is 0 Å². The standard InChI is InChI=1S/C23H23ClN2O2/c24-20-8-4-5-9-21(20)25-14-16-26(17-15-25)23(27)13-11-19-10-12-22(28-19)18-6-2-1-3-7-18/h1-10,12H,11,13-17H2. The first-order chi connectivity index (χ1) is 13.7. The van der Waals surface area contributed by atoms with Crippen molar-refractivity contribution in [1.82, 2.24) is 4.90 Å². The summed E-state index contributed by atoms with van der Waals surface area (Å²) in [6.07, 6.45) is 1.09. The van der Waals surface area contributed by atoms with Crippen molar-refractivity contribution in [2.24, 2.45) is 0 Å². The van der Waals surface area contributed by atoms with Crippen molar-refractivity contribution in [3.63, 3.8) is 0 Å². The van der Waals surface area contributed by atoms with E-state index in [2.05, 4.69) is 4.90 Å². The van der Waals surface area contributed by atoms with Crippen LogP contribution in [0.4, 0.5) is 5.69 Å². The number of furan rings is 1. The van der Waals surface area contributed by atoms with Crippen LogP contribution in [0.15, 0.2) is 71.1 Å². The van der Waals surface area contributed by atoms with E-state index < -0.39 is 0 Å². The highest BCUT2D eigenvalue weighted by Crippen LogP contribution is 2.26. The van der Waals surface area contributed by atoms with Gasteiger partial charge in [-0.15, -0.1) is 0 Å². The van der Waals surface area contributed by atoms with Gasteiger partial charge in [0.15, 0.2) is 0 Å². The average Bonchev–Trinajstić information content (AvgIpc) is 3.22. The number of para-hydroxylation sites is 1. The Balaban J connectivity index is 1.28. The Morgan fingerprint density at radius 2 is 1.61 bits per heavy atom. The topological polar surface area (TPSA) is 36.7 Å². The van der Waals surface area contributed by atoms with E-state index in [0.29, 0.717) is 12.8 Å². The Bertz CT molecular complexity index is 931. The van der Waals surface area contributed by atoms with Gasteiger partial charge in [-0.25, -0.2) is 0 Å². The van der Waals surface area contributed by atoms with Crippen molar-refractivity contribution in [1.29, 1.82) is 0 Å². The van der Waals surface area contributed by atoms with Gasteiger partial charge in [0.1, 0.15) is 11.5 Å². The molecule has 2 heterocycles. The number of hydrogen-bond acceptors (Lipinski definition) is 3. The number of piperazine rings is 1. The van der Waals surface area contributed by atoms with E-state index in [9.17, 15) is 4.79 Å². The first-order valence-corrected chi connectivity index (χ1v) is 10.00. The number of halogens is 1. The molecule has 0 unspecified atom stereocenters. The third-order valence-corrected chi connectivity index (χ3v) is 5.45. The van der Waals surface area contributed by atoms with Crippen molar-refractivity contribution in [3.05, 3.63) is 77.5 Å². The Morgan fingerprint density at radius 1 is 0.893 bits per heavy atom. The molecule has 0 spiro atoms.